The number of nitrogens with zero attached hydrogens (tertiary/aromatic N) is 3. The van der Waals surface area contributed by atoms with Crippen LogP contribution in [0.15, 0.2) is 117 Å². The molecule has 1 aliphatic heterocycles. The van der Waals surface area contributed by atoms with Crippen molar-refractivity contribution in [1.29, 1.82) is 0 Å². The molecule has 1 aliphatic rings. The molecule has 0 atom stereocenters. The molecule has 0 radical (unpaired) electrons. The summed E-state index contributed by atoms with van der Waals surface area (Å²) in [4.78, 5) is 15.4. The smallest absolute Gasteiger partial charge is 0.267 e. The van der Waals surface area contributed by atoms with Gasteiger partial charge in [0.05, 0.1) is 31.0 Å². The van der Waals surface area contributed by atoms with E-state index in [0.29, 0.717) is 28.2 Å². The first-order valence-electron chi connectivity index (χ1n) is 11.9. The van der Waals surface area contributed by atoms with Crippen molar-refractivity contribution in [2.75, 3.05) is 7.11 Å². The van der Waals surface area contributed by atoms with Crippen LogP contribution in [-0.4, -0.2) is 29.3 Å². The predicted octanol–water partition coefficient (Wildman–Crippen LogP) is 6.37. The number of hydrogen-bond donors (Lipinski definition) is 0. The lowest BCUT2D eigenvalue weighted by Crippen LogP contribution is -2.28. The summed E-state index contributed by atoms with van der Waals surface area (Å²) in [5.41, 5.74) is 2.73. The predicted molar refractivity (Wildman–Crippen MR) is 150 cm³/mol. The summed E-state index contributed by atoms with van der Waals surface area (Å²) in [6, 6.07) is 28.8. The summed E-state index contributed by atoms with van der Waals surface area (Å²) in [5, 5.41) is 9.13. The average molecular weight is 524 g/mol. The van der Waals surface area contributed by atoms with Crippen LogP contribution < -0.4 is 9.47 Å². The maximum Gasteiger partial charge on any atom is 0.267 e. The first-order chi connectivity index (χ1) is 18.7. The van der Waals surface area contributed by atoms with Crippen molar-refractivity contribution in [3.05, 3.63) is 125 Å². The van der Waals surface area contributed by atoms with Gasteiger partial charge in [0.25, 0.3) is 5.91 Å². The third-order valence-corrected chi connectivity index (χ3v) is 6.66. The van der Waals surface area contributed by atoms with Gasteiger partial charge in [-0.25, -0.2) is 0 Å². The Labute approximate surface area is 225 Å². The number of amides is 1. The molecule has 5 rings (SSSR count). The molecule has 0 bridgehead atoms. The molecule has 0 unspecified atom stereocenters. The second-order valence-corrected chi connectivity index (χ2v) is 9.31. The zero-order valence-corrected chi connectivity index (χ0v) is 21.5. The lowest BCUT2D eigenvalue weighted by molar-refractivity contribution is -0.122. The van der Waals surface area contributed by atoms with Crippen molar-refractivity contribution in [2.45, 2.75) is 13.2 Å². The topological polar surface area (TPSA) is 76.6 Å². The maximum atomic E-state index is 13.3. The highest BCUT2D eigenvalue weighted by molar-refractivity contribution is 8.18. The molecule has 1 aromatic heterocycles. The Kier molecular flexibility index (Phi) is 8.01. The molecule has 1 saturated heterocycles. The molecule has 3 aromatic carbocycles. The molecule has 1 fully saturated rings. The summed E-state index contributed by atoms with van der Waals surface area (Å²) in [6.45, 7) is 0.727. The lowest BCUT2D eigenvalue weighted by Gasteiger charge is -2.12. The van der Waals surface area contributed by atoms with E-state index in [1.165, 1.54) is 11.8 Å². The molecule has 190 valence electrons. The van der Waals surface area contributed by atoms with Crippen molar-refractivity contribution in [3.8, 4) is 11.5 Å². The number of hydrogen-bond acceptors (Lipinski definition) is 7. The Hall–Kier alpha value is -4.56. The van der Waals surface area contributed by atoms with Crippen LogP contribution in [0.4, 0.5) is 0 Å². The number of thioether (sulfide) groups is 1. The van der Waals surface area contributed by atoms with Crippen molar-refractivity contribution < 1.29 is 18.7 Å². The van der Waals surface area contributed by atoms with Gasteiger partial charge in [-0.15, -0.1) is 5.10 Å². The fourth-order valence-corrected chi connectivity index (χ4v) is 4.70. The molecule has 1 amide bonds. The van der Waals surface area contributed by atoms with E-state index < -0.39 is 0 Å². The van der Waals surface area contributed by atoms with Crippen molar-refractivity contribution >= 4 is 35.1 Å². The minimum atomic E-state index is -0.178. The van der Waals surface area contributed by atoms with Crippen LogP contribution in [0, 0.1) is 0 Å². The number of amidine groups is 1. The zero-order valence-electron chi connectivity index (χ0n) is 20.7. The van der Waals surface area contributed by atoms with Crippen LogP contribution in [0.5, 0.6) is 11.5 Å². The molecule has 4 aromatic rings. The summed E-state index contributed by atoms with van der Waals surface area (Å²) in [6.07, 6.45) is 5.03. The number of furan rings is 1. The van der Waals surface area contributed by atoms with Crippen LogP contribution >= 0.6 is 11.8 Å². The number of carbonyl (C=O) groups excluding carboxylic acids is 1. The minimum absolute atomic E-state index is 0.178. The van der Waals surface area contributed by atoms with Crippen LogP contribution in [0.25, 0.3) is 6.08 Å². The standard InChI is InChI=1S/C30H25N3O4S/c1-35-27-15-6-5-12-24(27)18-28-29(34)33(20-26-14-8-16-36-26)30(38-28)32-31-19-23-11-7-13-25(17-23)37-21-22-9-3-2-4-10-22/h2-19H,20-21H2,1H3/b28-18-,31-19+,32-30-. The van der Waals surface area contributed by atoms with Gasteiger partial charge in [0.15, 0.2) is 5.17 Å². The number of methoxy groups -OCH3 is 1. The third-order valence-electron chi connectivity index (χ3n) is 5.66. The quantitative estimate of drug-likeness (QED) is 0.145. The summed E-state index contributed by atoms with van der Waals surface area (Å²) < 4.78 is 16.8. The van der Waals surface area contributed by atoms with E-state index in [1.54, 1.807) is 36.6 Å². The van der Waals surface area contributed by atoms with Crippen LogP contribution in [0.1, 0.15) is 22.5 Å². The van der Waals surface area contributed by atoms with E-state index in [1.807, 2.05) is 84.9 Å². The molecule has 8 heteroatoms. The Morgan fingerprint density at radius 2 is 1.82 bits per heavy atom. The van der Waals surface area contributed by atoms with E-state index >= 15 is 0 Å². The van der Waals surface area contributed by atoms with Gasteiger partial charge >= 0.3 is 0 Å². The molecule has 0 saturated carbocycles. The Morgan fingerprint density at radius 3 is 2.63 bits per heavy atom. The van der Waals surface area contributed by atoms with Gasteiger partial charge in [0.1, 0.15) is 23.9 Å². The van der Waals surface area contributed by atoms with Crippen LogP contribution in [0.3, 0.4) is 0 Å². The van der Waals surface area contributed by atoms with E-state index in [4.69, 9.17) is 13.9 Å². The van der Waals surface area contributed by atoms with Gasteiger partial charge in [-0.2, -0.15) is 5.10 Å². The Bertz CT molecular complexity index is 1480. The molecule has 2 heterocycles. The number of rotatable bonds is 9. The molecule has 7 nitrogen and oxygen atoms in total. The molecular weight excluding hydrogens is 498 g/mol. The monoisotopic (exact) mass is 523 g/mol. The van der Waals surface area contributed by atoms with E-state index in [9.17, 15) is 4.79 Å². The molecule has 38 heavy (non-hydrogen) atoms. The highest BCUT2D eigenvalue weighted by Crippen LogP contribution is 2.35. The van der Waals surface area contributed by atoms with E-state index in [0.717, 1.165) is 22.4 Å². The van der Waals surface area contributed by atoms with Gasteiger partial charge < -0.3 is 13.9 Å². The lowest BCUT2D eigenvalue weighted by atomic mass is 10.2. The number of para-hydroxylation sites is 1. The Morgan fingerprint density at radius 1 is 0.974 bits per heavy atom. The molecule has 0 N–H and O–H groups in total. The van der Waals surface area contributed by atoms with Gasteiger partial charge in [-0.3, -0.25) is 9.69 Å². The van der Waals surface area contributed by atoms with Crippen molar-refractivity contribution in [3.63, 3.8) is 0 Å². The highest BCUT2D eigenvalue weighted by atomic mass is 32.2. The highest BCUT2D eigenvalue weighted by Gasteiger charge is 2.34. The molecular formula is C30H25N3O4S. The minimum Gasteiger partial charge on any atom is -0.496 e. The maximum absolute atomic E-state index is 13.3. The summed E-state index contributed by atoms with van der Waals surface area (Å²) >= 11 is 1.26. The zero-order chi connectivity index (χ0) is 26.2. The van der Waals surface area contributed by atoms with Crippen LogP contribution in [-0.2, 0) is 17.9 Å². The van der Waals surface area contributed by atoms with Gasteiger partial charge in [-0.05, 0) is 59.3 Å². The molecule has 0 aliphatic carbocycles. The Balaban J connectivity index is 1.35. The normalized spacial score (nSPS) is 15.6. The molecule has 0 spiro atoms. The van der Waals surface area contributed by atoms with Gasteiger partial charge in [0, 0.05) is 5.56 Å². The average Bonchev–Trinajstić information content (AvgIpc) is 3.57. The third kappa shape index (κ3) is 6.22. The van der Waals surface area contributed by atoms with Crippen LogP contribution in [0.2, 0.25) is 0 Å². The largest absolute Gasteiger partial charge is 0.496 e. The number of ether oxygens (including phenoxy) is 2. The first-order valence-corrected chi connectivity index (χ1v) is 12.8. The fourth-order valence-electron chi connectivity index (χ4n) is 3.78. The summed E-state index contributed by atoms with van der Waals surface area (Å²) in [7, 11) is 1.60. The van der Waals surface area contributed by atoms with E-state index in [2.05, 4.69) is 10.2 Å². The fraction of sp³-hybridized carbons (Fsp3) is 0.100. The number of carbonyl (C=O) groups is 1. The first kappa shape index (κ1) is 25.1. The van der Waals surface area contributed by atoms with Gasteiger partial charge in [0.2, 0.25) is 0 Å². The van der Waals surface area contributed by atoms with Crippen molar-refractivity contribution in [1.82, 2.24) is 4.90 Å². The summed E-state index contributed by atoms with van der Waals surface area (Å²) in [5.74, 6) is 1.89. The second kappa shape index (κ2) is 12.1. The SMILES string of the molecule is COc1ccccc1/C=C1\S/C(=N\N=C\c2cccc(OCc3ccccc3)c2)N(Cc2ccco2)C1=O. The number of benzene rings is 3. The van der Waals surface area contributed by atoms with Gasteiger partial charge in [-0.1, -0.05) is 60.7 Å². The van der Waals surface area contributed by atoms with E-state index in [-0.39, 0.29) is 12.5 Å². The van der Waals surface area contributed by atoms with Crippen molar-refractivity contribution in [2.24, 2.45) is 10.2 Å². The second-order valence-electron chi connectivity index (χ2n) is 8.30.